The molecule has 0 radical (unpaired) electrons. The smallest absolute Gasteiger partial charge is 0.196 e. The van der Waals surface area contributed by atoms with Crippen molar-refractivity contribution in [1.82, 2.24) is 0 Å². The van der Waals surface area contributed by atoms with Gasteiger partial charge >= 0.3 is 0 Å². The van der Waals surface area contributed by atoms with Crippen molar-refractivity contribution in [2.24, 2.45) is 5.92 Å². The zero-order valence-corrected chi connectivity index (χ0v) is 27.6. The van der Waals surface area contributed by atoms with Gasteiger partial charge in [-0.15, -0.1) is 4.33 Å². The second-order valence-corrected chi connectivity index (χ2v) is 14.0. The number of benzene rings is 4. The zero-order valence-electron chi connectivity index (χ0n) is 26.0. The second-order valence-electron chi connectivity index (χ2n) is 12.1. The molecule has 4 aromatic rings. The SMILES string of the molecule is CCCC1CCC(c2ccc(-c3ccc(Sc4cccc5c4C(=O)c4cccc(NCCCSOOO)c4C5=O)cc3)cc2)CC1. The summed E-state index contributed by atoms with van der Waals surface area (Å²) in [6, 6.07) is 28.4. The minimum absolute atomic E-state index is 0.143. The van der Waals surface area contributed by atoms with Crippen molar-refractivity contribution in [1.29, 1.82) is 0 Å². The van der Waals surface area contributed by atoms with Crippen molar-refractivity contribution in [2.45, 2.75) is 67.6 Å². The Balaban J connectivity index is 1.13. The Bertz CT molecular complexity index is 1660. The lowest BCUT2D eigenvalue weighted by Crippen LogP contribution is -2.23. The summed E-state index contributed by atoms with van der Waals surface area (Å²) in [6.45, 7) is 2.85. The van der Waals surface area contributed by atoms with Crippen molar-refractivity contribution in [3.05, 3.63) is 113 Å². The number of carbonyl (C=O) groups excluding carboxylic acids is 2. The van der Waals surface area contributed by atoms with Crippen LogP contribution in [0.15, 0.2) is 94.7 Å². The molecular formula is C38H39NO5S2. The number of ketones is 2. The highest BCUT2D eigenvalue weighted by molar-refractivity contribution is 7.99. The van der Waals surface area contributed by atoms with Gasteiger partial charge in [0.15, 0.2) is 11.6 Å². The van der Waals surface area contributed by atoms with Crippen LogP contribution in [0.2, 0.25) is 0 Å². The van der Waals surface area contributed by atoms with Gasteiger partial charge in [-0.3, -0.25) is 9.59 Å². The summed E-state index contributed by atoms with van der Waals surface area (Å²) >= 11 is 2.49. The number of rotatable bonds is 13. The lowest BCUT2D eigenvalue weighted by atomic mass is 9.77. The van der Waals surface area contributed by atoms with Crippen LogP contribution >= 0.6 is 23.8 Å². The third-order valence-corrected chi connectivity index (χ3v) is 10.9. The van der Waals surface area contributed by atoms with Gasteiger partial charge in [0.25, 0.3) is 0 Å². The average molecular weight is 654 g/mol. The highest BCUT2D eigenvalue weighted by Crippen LogP contribution is 2.40. The number of hydrogen-bond donors (Lipinski definition) is 2. The molecule has 1 fully saturated rings. The predicted molar refractivity (Wildman–Crippen MR) is 186 cm³/mol. The number of hydrogen-bond acceptors (Lipinski definition) is 8. The molecule has 6 rings (SSSR count). The summed E-state index contributed by atoms with van der Waals surface area (Å²) in [5.74, 6) is 1.87. The van der Waals surface area contributed by atoms with E-state index in [2.05, 4.69) is 70.1 Å². The van der Waals surface area contributed by atoms with E-state index in [1.165, 1.54) is 61.4 Å². The average Bonchev–Trinajstić information content (AvgIpc) is 3.09. The number of fused-ring (bicyclic) bond motifs is 2. The quantitative estimate of drug-likeness (QED) is 0.0562. The summed E-state index contributed by atoms with van der Waals surface area (Å²) in [6.07, 6.45) is 8.67. The maximum Gasteiger partial charge on any atom is 0.196 e. The molecule has 46 heavy (non-hydrogen) atoms. The molecule has 0 atom stereocenters. The van der Waals surface area contributed by atoms with E-state index in [1.54, 1.807) is 18.2 Å². The summed E-state index contributed by atoms with van der Waals surface area (Å²) in [5.41, 5.74) is 6.16. The van der Waals surface area contributed by atoms with Crippen LogP contribution in [-0.2, 0) is 9.37 Å². The third kappa shape index (κ3) is 7.27. The molecule has 0 aromatic heterocycles. The first-order valence-corrected chi connectivity index (χ1v) is 17.9. The Kier molecular flexibility index (Phi) is 10.9. The number of carbonyl (C=O) groups is 2. The number of nitrogens with one attached hydrogen (secondary N) is 1. The molecule has 8 heteroatoms. The van der Waals surface area contributed by atoms with Gasteiger partial charge in [-0.1, -0.05) is 97.2 Å². The summed E-state index contributed by atoms with van der Waals surface area (Å²) in [7, 11) is 0. The molecule has 0 spiro atoms. The fraction of sp³-hybridized carbons (Fsp3) is 0.316. The predicted octanol–water partition coefficient (Wildman–Crippen LogP) is 10.2. The molecule has 0 amide bonds. The molecule has 0 bridgehead atoms. The Hall–Kier alpha value is -3.40. The van der Waals surface area contributed by atoms with Gasteiger partial charge in [0, 0.05) is 56.5 Å². The highest BCUT2D eigenvalue weighted by Gasteiger charge is 2.33. The summed E-state index contributed by atoms with van der Waals surface area (Å²) in [5, 5.41) is 15.1. The topological polar surface area (TPSA) is 84.9 Å². The Morgan fingerprint density at radius 2 is 1.46 bits per heavy atom. The van der Waals surface area contributed by atoms with Crippen LogP contribution < -0.4 is 5.32 Å². The lowest BCUT2D eigenvalue weighted by molar-refractivity contribution is -0.432. The molecule has 4 aromatic carbocycles. The third-order valence-electron chi connectivity index (χ3n) is 9.17. The first kappa shape index (κ1) is 32.5. The van der Waals surface area contributed by atoms with Crippen molar-refractivity contribution < 1.29 is 24.2 Å². The maximum absolute atomic E-state index is 13.8. The Morgan fingerprint density at radius 3 is 2.15 bits per heavy atom. The molecular weight excluding hydrogens is 615 g/mol. The van der Waals surface area contributed by atoms with E-state index in [1.807, 2.05) is 18.2 Å². The molecule has 0 saturated heterocycles. The van der Waals surface area contributed by atoms with Crippen LogP contribution in [0.4, 0.5) is 5.69 Å². The van der Waals surface area contributed by atoms with Crippen molar-refractivity contribution in [3.63, 3.8) is 0 Å². The largest absolute Gasteiger partial charge is 0.384 e. The normalized spacial score (nSPS) is 17.4. The van der Waals surface area contributed by atoms with E-state index >= 15 is 0 Å². The van der Waals surface area contributed by atoms with E-state index in [4.69, 9.17) is 5.26 Å². The molecule has 238 valence electrons. The fourth-order valence-corrected chi connectivity index (χ4v) is 8.19. The second kappa shape index (κ2) is 15.5. The van der Waals surface area contributed by atoms with Gasteiger partial charge in [-0.25, -0.2) is 5.26 Å². The van der Waals surface area contributed by atoms with Gasteiger partial charge < -0.3 is 5.32 Å². The molecule has 0 unspecified atom stereocenters. The standard InChI is InChI=1S/C38H39NO5S2/c1-2-6-25-11-13-26(14-12-25)27-15-17-28(18-16-27)29-19-21-30(22-20-29)46-34-10-4-8-32-36(34)38(41)31-7-3-9-33(35(31)37(32)40)39-23-5-24-45-44-43-42/h3-4,7-10,15-22,25-26,39,42H,2,5-6,11-14,23-24H2,1H3. The van der Waals surface area contributed by atoms with E-state index in [0.29, 0.717) is 52.6 Å². The van der Waals surface area contributed by atoms with E-state index < -0.39 is 0 Å². The maximum atomic E-state index is 13.8. The highest BCUT2D eigenvalue weighted by atomic mass is 32.2. The van der Waals surface area contributed by atoms with Crippen LogP contribution in [0.25, 0.3) is 11.1 Å². The van der Waals surface area contributed by atoms with Crippen LogP contribution in [-0.4, -0.2) is 29.1 Å². The Labute approximate surface area is 279 Å². The zero-order chi connectivity index (χ0) is 31.9. The molecule has 2 aliphatic carbocycles. The first-order valence-electron chi connectivity index (χ1n) is 16.1. The fourth-order valence-electron chi connectivity index (χ4n) is 6.83. The van der Waals surface area contributed by atoms with Crippen molar-refractivity contribution in [3.8, 4) is 11.1 Å². The van der Waals surface area contributed by atoms with Crippen molar-refractivity contribution >= 4 is 41.1 Å². The van der Waals surface area contributed by atoms with Gasteiger partial charge in [0.2, 0.25) is 0 Å². The molecule has 6 nitrogen and oxygen atoms in total. The number of anilines is 1. The lowest BCUT2D eigenvalue weighted by Gasteiger charge is -2.28. The van der Waals surface area contributed by atoms with Gasteiger partial charge in [0.05, 0.1) is 5.56 Å². The van der Waals surface area contributed by atoms with Crippen molar-refractivity contribution in [2.75, 3.05) is 17.6 Å². The van der Waals surface area contributed by atoms with E-state index in [9.17, 15) is 9.59 Å². The monoisotopic (exact) mass is 653 g/mol. The minimum atomic E-state index is -0.158. The van der Waals surface area contributed by atoms with Crippen LogP contribution in [0.3, 0.4) is 0 Å². The molecule has 0 aliphatic heterocycles. The Morgan fingerprint density at radius 1 is 0.804 bits per heavy atom. The van der Waals surface area contributed by atoms with Gasteiger partial charge in [0.1, 0.15) is 0 Å². The van der Waals surface area contributed by atoms with Crippen LogP contribution in [0.5, 0.6) is 0 Å². The first-order chi connectivity index (χ1) is 22.6. The molecule has 1 saturated carbocycles. The minimum Gasteiger partial charge on any atom is -0.384 e. The molecule has 0 heterocycles. The summed E-state index contributed by atoms with van der Waals surface area (Å²) < 4.78 is 4.40. The van der Waals surface area contributed by atoms with Gasteiger partial charge in [-0.2, -0.15) is 0 Å². The van der Waals surface area contributed by atoms with E-state index in [0.717, 1.165) is 33.3 Å². The molecule has 2 N–H and O–H groups in total. The van der Waals surface area contributed by atoms with Crippen LogP contribution in [0.1, 0.15) is 95.2 Å². The van der Waals surface area contributed by atoms with E-state index in [-0.39, 0.29) is 11.6 Å². The molecule has 2 aliphatic rings. The van der Waals surface area contributed by atoms with Gasteiger partial charge in [-0.05, 0) is 84.9 Å². The van der Waals surface area contributed by atoms with Crippen LogP contribution in [0, 0.1) is 5.92 Å². The summed E-state index contributed by atoms with van der Waals surface area (Å²) in [4.78, 5) is 29.4.